The van der Waals surface area contributed by atoms with E-state index in [0.717, 1.165) is 57.7 Å². The Hall–Kier alpha value is -4.63. The van der Waals surface area contributed by atoms with Crippen LogP contribution >= 0.6 is 0 Å². The zero-order chi connectivity index (χ0) is 24.9. The van der Waals surface area contributed by atoms with Crippen LogP contribution in [0.2, 0.25) is 0 Å². The first-order valence-electron chi connectivity index (χ1n) is 12.1. The van der Waals surface area contributed by atoms with Crippen molar-refractivity contribution >= 4 is 22.7 Å². The van der Waals surface area contributed by atoms with Gasteiger partial charge in [0.15, 0.2) is 0 Å². The summed E-state index contributed by atoms with van der Waals surface area (Å²) in [5.41, 5.74) is 6.76. The fraction of sp³-hybridized carbons (Fsp3) is 0.167. The Morgan fingerprint density at radius 2 is 1.89 bits per heavy atom. The third kappa shape index (κ3) is 4.77. The molecule has 3 aromatic carbocycles. The molecule has 36 heavy (non-hydrogen) atoms. The SMILES string of the molecule is CCCCOc1ccc(-c2nn(-c3ccccc3)cc2C=C(C#N)c2nc3ccccc3[nH]2)c(C)c1. The van der Waals surface area contributed by atoms with Crippen molar-refractivity contribution in [3.63, 3.8) is 0 Å². The predicted octanol–water partition coefficient (Wildman–Crippen LogP) is 6.97. The van der Waals surface area contributed by atoms with Gasteiger partial charge < -0.3 is 9.72 Å². The number of nitrogens with zero attached hydrogens (tertiary/aromatic N) is 4. The molecular formula is C30H27N5O. The molecule has 0 spiro atoms. The fourth-order valence-corrected chi connectivity index (χ4v) is 4.13. The number of allylic oxidation sites excluding steroid dienone is 1. The maximum Gasteiger partial charge on any atom is 0.149 e. The number of ether oxygens (including phenoxy) is 1. The number of nitriles is 1. The van der Waals surface area contributed by atoms with Gasteiger partial charge in [-0.15, -0.1) is 0 Å². The maximum absolute atomic E-state index is 10.0. The Labute approximate surface area is 210 Å². The first kappa shape index (κ1) is 23.1. The van der Waals surface area contributed by atoms with Gasteiger partial charge in [-0.05, 0) is 67.4 Å². The van der Waals surface area contributed by atoms with E-state index in [-0.39, 0.29) is 0 Å². The second-order valence-electron chi connectivity index (χ2n) is 8.66. The lowest BCUT2D eigenvalue weighted by molar-refractivity contribution is 0.309. The Balaban J connectivity index is 1.60. The van der Waals surface area contributed by atoms with Gasteiger partial charge in [0.05, 0.1) is 28.9 Å². The summed E-state index contributed by atoms with van der Waals surface area (Å²) in [4.78, 5) is 7.88. The van der Waals surface area contributed by atoms with E-state index in [9.17, 15) is 5.26 Å². The van der Waals surface area contributed by atoms with Crippen LogP contribution in [0.25, 0.3) is 39.6 Å². The minimum absolute atomic E-state index is 0.442. The number of hydrogen-bond donors (Lipinski definition) is 1. The summed E-state index contributed by atoms with van der Waals surface area (Å²) in [7, 11) is 0. The van der Waals surface area contributed by atoms with E-state index >= 15 is 0 Å². The van der Waals surface area contributed by atoms with Gasteiger partial charge in [0, 0.05) is 17.3 Å². The molecule has 2 aromatic heterocycles. The van der Waals surface area contributed by atoms with Crippen LogP contribution < -0.4 is 4.74 Å². The molecule has 0 aliphatic rings. The minimum Gasteiger partial charge on any atom is -0.494 e. The number of aromatic amines is 1. The molecule has 0 aliphatic heterocycles. The highest BCUT2D eigenvalue weighted by atomic mass is 16.5. The van der Waals surface area contributed by atoms with Crippen molar-refractivity contribution < 1.29 is 4.74 Å². The van der Waals surface area contributed by atoms with Crippen LogP contribution in [-0.2, 0) is 0 Å². The van der Waals surface area contributed by atoms with Crippen molar-refractivity contribution in [2.24, 2.45) is 0 Å². The van der Waals surface area contributed by atoms with E-state index in [1.54, 1.807) is 0 Å². The first-order chi connectivity index (χ1) is 17.7. The summed E-state index contributed by atoms with van der Waals surface area (Å²) in [5, 5.41) is 15.0. The second kappa shape index (κ2) is 10.3. The van der Waals surface area contributed by atoms with Crippen molar-refractivity contribution in [1.29, 1.82) is 5.26 Å². The van der Waals surface area contributed by atoms with E-state index < -0.39 is 0 Å². The lowest BCUT2D eigenvalue weighted by Gasteiger charge is -2.09. The van der Waals surface area contributed by atoms with Crippen LogP contribution in [0, 0.1) is 18.3 Å². The zero-order valence-corrected chi connectivity index (χ0v) is 20.4. The minimum atomic E-state index is 0.442. The number of fused-ring (bicyclic) bond motifs is 1. The topological polar surface area (TPSA) is 79.5 Å². The van der Waals surface area contributed by atoms with Crippen molar-refractivity contribution in [2.75, 3.05) is 6.61 Å². The molecule has 0 unspecified atom stereocenters. The van der Waals surface area contributed by atoms with E-state index in [1.807, 2.05) is 89.8 Å². The quantitative estimate of drug-likeness (QED) is 0.195. The Morgan fingerprint density at radius 3 is 2.64 bits per heavy atom. The van der Waals surface area contributed by atoms with E-state index in [4.69, 9.17) is 9.84 Å². The monoisotopic (exact) mass is 473 g/mol. The summed E-state index contributed by atoms with van der Waals surface area (Å²) in [6.07, 6.45) is 5.92. The lowest BCUT2D eigenvalue weighted by Crippen LogP contribution is -1.98. The molecule has 0 bridgehead atoms. The third-order valence-corrected chi connectivity index (χ3v) is 6.05. The summed E-state index contributed by atoms with van der Waals surface area (Å²) >= 11 is 0. The van der Waals surface area contributed by atoms with Crippen LogP contribution in [0.15, 0.2) is 79.0 Å². The summed E-state index contributed by atoms with van der Waals surface area (Å²) in [6, 6.07) is 26.1. The highest BCUT2D eigenvalue weighted by Gasteiger charge is 2.16. The standard InChI is InChI=1S/C30H27N5O/c1-3-4-16-36-25-14-15-26(21(2)17-25)29-23(20-35(34-29)24-10-6-5-7-11-24)18-22(19-31)30-32-27-12-8-9-13-28(27)33-30/h5-15,17-18,20H,3-4,16H2,1-2H3,(H,32,33). The van der Waals surface area contributed by atoms with Gasteiger partial charge in [-0.1, -0.05) is 43.7 Å². The predicted molar refractivity (Wildman–Crippen MR) is 144 cm³/mol. The zero-order valence-electron chi connectivity index (χ0n) is 20.4. The molecule has 0 saturated heterocycles. The number of aryl methyl sites for hydroxylation is 1. The number of para-hydroxylation sites is 3. The summed E-state index contributed by atoms with van der Waals surface area (Å²) in [5.74, 6) is 1.39. The van der Waals surface area contributed by atoms with Gasteiger partial charge in [-0.3, -0.25) is 0 Å². The third-order valence-electron chi connectivity index (χ3n) is 6.05. The van der Waals surface area contributed by atoms with Gasteiger partial charge in [0.25, 0.3) is 0 Å². The molecule has 0 aliphatic carbocycles. The number of H-pyrrole nitrogens is 1. The molecule has 5 aromatic rings. The molecule has 0 atom stereocenters. The smallest absolute Gasteiger partial charge is 0.149 e. The summed E-state index contributed by atoms with van der Waals surface area (Å²) < 4.78 is 7.75. The largest absolute Gasteiger partial charge is 0.494 e. The molecule has 2 heterocycles. The molecule has 0 fully saturated rings. The van der Waals surface area contributed by atoms with Crippen molar-refractivity contribution in [2.45, 2.75) is 26.7 Å². The van der Waals surface area contributed by atoms with Crippen molar-refractivity contribution in [3.05, 3.63) is 95.9 Å². The number of benzene rings is 3. The van der Waals surface area contributed by atoms with Crippen molar-refractivity contribution in [3.8, 4) is 28.8 Å². The molecular weight excluding hydrogens is 446 g/mol. The molecule has 178 valence electrons. The molecule has 6 nitrogen and oxygen atoms in total. The summed E-state index contributed by atoms with van der Waals surface area (Å²) in [6.45, 7) is 4.91. The highest BCUT2D eigenvalue weighted by molar-refractivity contribution is 5.92. The van der Waals surface area contributed by atoms with Gasteiger partial charge in [-0.2, -0.15) is 10.4 Å². The van der Waals surface area contributed by atoms with Crippen LogP contribution in [0.1, 0.15) is 36.7 Å². The van der Waals surface area contributed by atoms with E-state index in [2.05, 4.69) is 29.9 Å². The number of unbranched alkanes of at least 4 members (excludes halogenated alkanes) is 1. The number of aromatic nitrogens is 4. The maximum atomic E-state index is 10.0. The number of hydrogen-bond acceptors (Lipinski definition) is 4. The second-order valence-corrected chi connectivity index (χ2v) is 8.66. The Kier molecular flexibility index (Phi) is 6.63. The molecule has 1 N–H and O–H groups in total. The Morgan fingerprint density at radius 1 is 1.08 bits per heavy atom. The molecule has 5 rings (SSSR count). The Bertz CT molecular complexity index is 1540. The van der Waals surface area contributed by atoms with Crippen LogP contribution in [0.5, 0.6) is 5.75 Å². The van der Waals surface area contributed by atoms with Crippen LogP contribution in [0.3, 0.4) is 0 Å². The van der Waals surface area contributed by atoms with Crippen LogP contribution in [-0.4, -0.2) is 26.4 Å². The van der Waals surface area contributed by atoms with E-state index in [1.165, 1.54) is 0 Å². The number of rotatable bonds is 8. The number of nitrogens with one attached hydrogen (secondary N) is 1. The number of imidazole rings is 1. The van der Waals surface area contributed by atoms with Crippen molar-refractivity contribution in [1.82, 2.24) is 19.7 Å². The van der Waals surface area contributed by atoms with E-state index in [0.29, 0.717) is 18.0 Å². The highest BCUT2D eigenvalue weighted by Crippen LogP contribution is 2.32. The van der Waals surface area contributed by atoms with Gasteiger partial charge in [0.2, 0.25) is 0 Å². The molecule has 6 heteroatoms. The normalized spacial score (nSPS) is 11.5. The average molecular weight is 474 g/mol. The first-order valence-corrected chi connectivity index (χ1v) is 12.1. The molecule has 0 amide bonds. The average Bonchev–Trinajstić information content (AvgIpc) is 3.52. The fourth-order valence-electron chi connectivity index (χ4n) is 4.13. The molecule has 0 radical (unpaired) electrons. The van der Waals surface area contributed by atoms with Gasteiger partial charge >= 0.3 is 0 Å². The van der Waals surface area contributed by atoms with Gasteiger partial charge in [-0.25, -0.2) is 9.67 Å². The van der Waals surface area contributed by atoms with Crippen LogP contribution in [0.4, 0.5) is 0 Å². The van der Waals surface area contributed by atoms with Gasteiger partial charge in [0.1, 0.15) is 23.3 Å². The molecule has 0 saturated carbocycles. The lowest BCUT2D eigenvalue weighted by atomic mass is 10.0.